The highest BCUT2D eigenvalue weighted by Gasteiger charge is 2.20. The summed E-state index contributed by atoms with van der Waals surface area (Å²) in [7, 11) is -2.95. The molecule has 41 heavy (non-hydrogen) atoms. The second-order valence-electron chi connectivity index (χ2n) is 9.71. The fourth-order valence-electron chi connectivity index (χ4n) is 4.56. The molecule has 13 nitrogen and oxygen atoms in total. The molecule has 6 N–H and O–H groups in total. The van der Waals surface area contributed by atoms with E-state index in [1.807, 2.05) is 24.3 Å². The van der Waals surface area contributed by atoms with Crippen molar-refractivity contribution >= 4 is 36.3 Å². The van der Waals surface area contributed by atoms with Gasteiger partial charge in [0.15, 0.2) is 0 Å². The van der Waals surface area contributed by atoms with Crippen LogP contribution in [0.4, 0.5) is 11.6 Å². The van der Waals surface area contributed by atoms with E-state index >= 15 is 0 Å². The van der Waals surface area contributed by atoms with Crippen LogP contribution in [0.15, 0.2) is 42.7 Å². The second kappa shape index (κ2) is 16.3. The summed E-state index contributed by atoms with van der Waals surface area (Å²) in [5.41, 5.74) is 3.22. The molecule has 0 bridgehead atoms. The highest BCUT2D eigenvalue weighted by molar-refractivity contribution is 7.45. The fraction of sp³-hybridized carbons (Fsp3) is 0.481. The zero-order chi connectivity index (χ0) is 29.7. The molecular weight excluding hydrogens is 551 g/mol. The molecule has 1 atom stereocenters. The molecule has 0 fully saturated rings. The molecule has 0 radical (unpaired) electrons. The summed E-state index contributed by atoms with van der Waals surface area (Å²) in [5.74, 6) is 0.698. The third-order valence-corrected chi connectivity index (χ3v) is 6.61. The third kappa shape index (κ3) is 11.7. The van der Waals surface area contributed by atoms with Crippen LogP contribution >= 0.6 is 7.82 Å². The minimum Gasteiger partial charge on any atom is -0.480 e. The number of rotatable bonds is 14. The van der Waals surface area contributed by atoms with Crippen LogP contribution in [0, 0.1) is 0 Å². The summed E-state index contributed by atoms with van der Waals surface area (Å²) in [6.07, 6.45) is 7.16. The Morgan fingerprint density at radius 3 is 2.66 bits per heavy atom. The molecule has 1 aromatic carbocycles. The number of para-hydroxylation sites is 1. The van der Waals surface area contributed by atoms with E-state index < -0.39 is 19.8 Å². The number of methoxy groups -OCH3 is 1. The van der Waals surface area contributed by atoms with Crippen LogP contribution in [0.3, 0.4) is 0 Å². The highest BCUT2D eigenvalue weighted by Crippen LogP contribution is 2.26. The van der Waals surface area contributed by atoms with Crippen molar-refractivity contribution in [1.29, 1.82) is 0 Å². The smallest absolute Gasteiger partial charge is 0.466 e. The Morgan fingerprint density at radius 1 is 1.12 bits per heavy atom. The monoisotopic (exact) mass is 590 g/mol. The van der Waals surface area contributed by atoms with E-state index in [0.717, 1.165) is 67.7 Å². The quantitative estimate of drug-likeness (QED) is 0.119. The predicted octanol–water partition coefficient (Wildman–Crippen LogP) is 2.68. The topological polar surface area (TPSA) is 190 Å². The number of fused-ring (bicyclic) bond motifs is 2. The normalized spacial score (nSPS) is 13.6. The van der Waals surface area contributed by atoms with Gasteiger partial charge in [-0.2, -0.15) is 0 Å². The first-order chi connectivity index (χ1) is 19.6. The van der Waals surface area contributed by atoms with Gasteiger partial charge >= 0.3 is 13.8 Å². The van der Waals surface area contributed by atoms with Crippen LogP contribution in [-0.4, -0.2) is 91.5 Å². The van der Waals surface area contributed by atoms with E-state index in [0.29, 0.717) is 25.4 Å². The Morgan fingerprint density at radius 2 is 1.90 bits per heavy atom. The molecular formula is C27H39N6O7P. The molecule has 0 amide bonds. The molecule has 224 valence electrons. The van der Waals surface area contributed by atoms with Crippen LogP contribution < -0.4 is 10.6 Å². The van der Waals surface area contributed by atoms with E-state index in [1.54, 1.807) is 7.11 Å². The lowest BCUT2D eigenvalue weighted by atomic mass is 10.1. The molecule has 3 aromatic rings. The van der Waals surface area contributed by atoms with Crippen molar-refractivity contribution in [2.24, 2.45) is 0 Å². The molecule has 3 heterocycles. The van der Waals surface area contributed by atoms with Gasteiger partial charge in [-0.3, -0.25) is 0 Å². The lowest BCUT2D eigenvalue weighted by Gasteiger charge is -2.24. The Kier molecular flexibility index (Phi) is 12.9. The van der Waals surface area contributed by atoms with Crippen molar-refractivity contribution in [3.63, 3.8) is 0 Å². The van der Waals surface area contributed by atoms with Gasteiger partial charge in [-0.25, -0.2) is 24.3 Å². The molecule has 1 unspecified atom stereocenters. The standard InChI is InChI=1S/C27H36N6O3.H3O4P/c1-36-18-17-33(15-5-4-8-21-12-11-20-7-6-14-28-25(20)31-21)16-13-24(27(34)35)32-26-22-9-2-3-10-23(22)29-19-30-26;1-5(2,3)4/h2-3,9-12,19,24H,4-8,13-18H2,1H3,(H,28,31)(H,34,35)(H,29,30,32);(H3,1,2,3,4). The van der Waals surface area contributed by atoms with Gasteiger partial charge in [0.2, 0.25) is 0 Å². The maximum Gasteiger partial charge on any atom is 0.466 e. The van der Waals surface area contributed by atoms with Gasteiger partial charge in [0, 0.05) is 37.8 Å². The number of carboxylic acid groups (broad SMARTS) is 1. The van der Waals surface area contributed by atoms with Gasteiger partial charge in [-0.05, 0) is 68.8 Å². The number of aliphatic carboxylic acids is 1. The molecule has 0 saturated heterocycles. The summed E-state index contributed by atoms with van der Waals surface area (Å²) < 4.78 is 14.2. The second-order valence-corrected chi connectivity index (χ2v) is 10.7. The Hall–Kier alpha value is -3.19. The Bertz CT molecular complexity index is 1290. The molecule has 1 aliphatic rings. The zero-order valence-corrected chi connectivity index (χ0v) is 24.0. The highest BCUT2D eigenvalue weighted by atomic mass is 31.2. The molecule has 1 aliphatic heterocycles. The summed E-state index contributed by atoms with van der Waals surface area (Å²) in [6, 6.07) is 11.2. The number of carbonyl (C=O) groups is 1. The summed E-state index contributed by atoms with van der Waals surface area (Å²) >= 11 is 0. The number of hydrogen-bond acceptors (Lipinski definition) is 9. The van der Waals surface area contributed by atoms with Gasteiger partial charge in [0.25, 0.3) is 0 Å². The fourth-order valence-corrected chi connectivity index (χ4v) is 4.56. The summed E-state index contributed by atoms with van der Waals surface area (Å²) in [5, 5.41) is 17.2. The number of carboxylic acids is 1. The van der Waals surface area contributed by atoms with Crippen LogP contribution in [0.25, 0.3) is 10.9 Å². The first-order valence-electron chi connectivity index (χ1n) is 13.6. The first-order valence-corrected chi connectivity index (χ1v) is 15.1. The Labute approximate surface area is 239 Å². The molecule has 0 saturated carbocycles. The minimum absolute atomic E-state index is 0.454. The van der Waals surface area contributed by atoms with Crippen molar-refractivity contribution < 1.29 is 33.9 Å². The zero-order valence-electron chi connectivity index (χ0n) is 23.1. The average Bonchev–Trinajstić information content (AvgIpc) is 2.94. The molecule has 4 rings (SSSR count). The van der Waals surface area contributed by atoms with Crippen LogP contribution in [0.5, 0.6) is 0 Å². The van der Waals surface area contributed by atoms with E-state index in [4.69, 9.17) is 29.0 Å². The van der Waals surface area contributed by atoms with Gasteiger partial charge in [-0.1, -0.05) is 18.2 Å². The van der Waals surface area contributed by atoms with Crippen molar-refractivity contribution in [2.75, 3.05) is 50.5 Å². The number of phosphoric acid groups is 1. The number of pyridine rings is 1. The van der Waals surface area contributed by atoms with Crippen molar-refractivity contribution in [3.05, 3.63) is 54.0 Å². The van der Waals surface area contributed by atoms with Crippen molar-refractivity contribution in [3.8, 4) is 0 Å². The predicted molar refractivity (Wildman–Crippen MR) is 156 cm³/mol. The number of nitrogens with one attached hydrogen (secondary N) is 2. The lowest BCUT2D eigenvalue weighted by molar-refractivity contribution is -0.138. The molecule has 2 aromatic heterocycles. The third-order valence-electron chi connectivity index (χ3n) is 6.61. The minimum atomic E-state index is -4.64. The first kappa shape index (κ1) is 32.3. The van der Waals surface area contributed by atoms with E-state index in [2.05, 4.69) is 37.6 Å². The van der Waals surface area contributed by atoms with Gasteiger partial charge in [0.05, 0.1) is 12.1 Å². The Balaban J connectivity index is 0.000000850. The number of aromatic nitrogens is 3. The molecule has 0 spiro atoms. The van der Waals surface area contributed by atoms with Gasteiger partial charge in [-0.15, -0.1) is 0 Å². The number of unbranched alkanes of at least 4 members (excludes halogenated alkanes) is 1. The van der Waals surface area contributed by atoms with E-state index in [-0.39, 0.29) is 0 Å². The van der Waals surface area contributed by atoms with E-state index in [9.17, 15) is 9.90 Å². The number of hydrogen-bond donors (Lipinski definition) is 6. The number of ether oxygens (including phenoxy) is 1. The van der Waals surface area contributed by atoms with E-state index in [1.165, 1.54) is 18.3 Å². The number of benzene rings is 1. The van der Waals surface area contributed by atoms with Gasteiger partial charge in [0.1, 0.15) is 24.0 Å². The number of anilines is 2. The van der Waals surface area contributed by atoms with Crippen molar-refractivity contribution in [1.82, 2.24) is 19.9 Å². The SMILES string of the molecule is COCCN(CCCCc1ccc2c(n1)NCCC2)CCC(Nc1ncnc2ccccc12)C(=O)O.O=P(O)(O)O. The van der Waals surface area contributed by atoms with Crippen molar-refractivity contribution in [2.45, 2.75) is 44.6 Å². The molecule has 0 aliphatic carbocycles. The lowest BCUT2D eigenvalue weighted by Crippen LogP contribution is -2.37. The largest absolute Gasteiger partial charge is 0.480 e. The summed E-state index contributed by atoms with van der Waals surface area (Å²) in [6.45, 7) is 3.91. The summed E-state index contributed by atoms with van der Waals surface area (Å²) in [4.78, 5) is 49.2. The average molecular weight is 591 g/mol. The molecule has 14 heteroatoms. The van der Waals surface area contributed by atoms with Crippen LogP contribution in [-0.2, 0) is 26.9 Å². The van der Waals surface area contributed by atoms with Crippen LogP contribution in [0.2, 0.25) is 0 Å². The van der Waals surface area contributed by atoms with Gasteiger partial charge < -0.3 is 40.1 Å². The number of nitrogens with zero attached hydrogens (tertiary/aromatic N) is 4. The number of aryl methyl sites for hydroxylation is 2. The maximum atomic E-state index is 12.0. The van der Waals surface area contributed by atoms with Crippen LogP contribution in [0.1, 0.15) is 36.9 Å². The maximum absolute atomic E-state index is 12.0.